The summed E-state index contributed by atoms with van der Waals surface area (Å²) in [6.45, 7) is 0. The molecule has 0 spiro atoms. The van der Waals surface area contributed by atoms with Gasteiger partial charge in [-0.2, -0.15) is 0 Å². The minimum Gasteiger partial charge on any atom is -0.493 e. The number of nitrogens with zero attached hydrogens (tertiary/aromatic N) is 1. The smallest absolute Gasteiger partial charge is 0.189 e. The lowest BCUT2D eigenvalue weighted by atomic mass is 10.1. The number of allylic oxidation sites excluding steroid dienone is 1. The van der Waals surface area contributed by atoms with Crippen LogP contribution >= 0.6 is 15.9 Å². The summed E-state index contributed by atoms with van der Waals surface area (Å²) in [6.07, 6.45) is 5.90. The molecule has 0 amide bonds. The minimum absolute atomic E-state index is 0.0275. The van der Waals surface area contributed by atoms with Gasteiger partial charge in [0.25, 0.3) is 0 Å². The molecule has 0 radical (unpaired) electrons. The highest BCUT2D eigenvalue weighted by Crippen LogP contribution is 2.37. The molecular weight excluding hydrogens is 346 g/mol. The van der Waals surface area contributed by atoms with Gasteiger partial charge in [-0.15, -0.1) is 0 Å². The second-order valence-corrected chi connectivity index (χ2v) is 5.79. The molecule has 0 fully saturated rings. The first kappa shape index (κ1) is 14.8. The van der Waals surface area contributed by atoms with Crippen LogP contribution in [0.2, 0.25) is 0 Å². The van der Waals surface area contributed by atoms with Crippen molar-refractivity contribution in [3.05, 3.63) is 57.3 Å². The van der Waals surface area contributed by atoms with Crippen molar-refractivity contribution in [1.82, 2.24) is 4.98 Å². The van der Waals surface area contributed by atoms with Gasteiger partial charge in [0.2, 0.25) is 0 Å². The number of carbonyl (C=O) groups excluding carboxylic acids is 1. The van der Waals surface area contributed by atoms with E-state index in [4.69, 9.17) is 9.47 Å². The lowest BCUT2D eigenvalue weighted by Gasteiger charge is -2.08. The van der Waals surface area contributed by atoms with Crippen LogP contribution in [0, 0.1) is 0 Å². The van der Waals surface area contributed by atoms with E-state index in [9.17, 15) is 4.79 Å². The summed E-state index contributed by atoms with van der Waals surface area (Å²) >= 11 is 3.45. The van der Waals surface area contributed by atoms with Gasteiger partial charge < -0.3 is 9.47 Å². The quantitative estimate of drug-likeness (QED) is 0.784. The Kier molecular flexibility index (Phi) is 3.98. The van der Waals surface area contributed by atoms with Crippen LogP contribution in [0.5, 0.6) is 11.5 Å². The monoisotopic (exact) mass is 359 g/mol. The molecule has 1 aromatic heterocycles. The third kappa shape index (κ3) is 2.52. The summed E-state index contributed by atoms with van der Waals surface area (Å²) in [4.78, 5) is 16.6. The van der Waals surface area contributed by atoms with Crippen LogP contribution in [0.4, 0.5) is 0 Å². The highest BCUT2D eigenvalue weighted by molar-refractivity contribution is 9.10. The Balaban J connectivity index is 2.03. The predicted molar refractivity (Wildman–Crippen MR) is 87.5 cm³/mol. The number of carbonyl (C=O) groups is 1. The predicted octanol–water partition coefficient (Wildman–Crippen LogP) is 3.68. The van der Waals surface area contributed by atoms with E-state index < -0.39 is 0 Å². The number of halogens is 1. The van der Waals surface area contributed by atoms with Gasteiger partial charge in [-0.1, -0.05) is 0 Å². The number of rotatable bonds is 3. The zero-order valence-corrected chi connectivity index (χ0v) is 13.8. The minimum atomic E-state index is 0.0275. The number of hydrogen-bond donors (Lipinski definition) is 0. The SMILES string of the molecule is COc1cc2c(cc1OC)C(=O)/C(=C/c1ccncc1Br)C2. The van der Waals surface area contributed by atoms with E-state index in [1.165, 1.54) is 0 Å². The fourth-order valence-corrected chi connectivity index (χ4v) is 2.91. The lowest BCUT2D eigenvalue weighted by molar-refractivity contribution is 0.104. The van der Waals surface area contributed by atoms with Crippen molar-refractivity contribution in [2.45, 2.75) is 6.42 Å². The average molecular weight is 360 g/mol. The Labute approximate surface area is 136 Å². The summed E-state index contributed by atoms with van der Waals surface area (Å²) in [5.74, 6) is 1.24. The number of hydrogen-bond acceptors (Lipinski definition) is 4. The Morgan fingerprint density at radius 2 is 1.95 bits per heavy atom. The van der Waals surface area contributed by atoms with E-state index >= 15 is 0 Å². The average Bonchev–Trinajstić information content (AvgIpc) is 2.84. The standard InChI is InChI=1S/C17H14BrNO3/c1-21-15-7-11-6-12(5-10-3-4-19-9-14(10)18)17(20)13(11)8-16(15)22-2/h3-5,7-9H,6H2,1-2H3/b12-5+. The van der Waals surface area contributed by atoms with E-state index in [0.29, 0.717) is 23.5 Å². The van der Waals surface area contributed by atoms with Crippen molar-refractivity contribution in [2.24, 2.45) is 0 Å². The molecule has 5 heteroatoms. The van der Waals surface area contributed by atoms with Gasteiger partial charge in [0, 0.05) is 34.4 Å². The topological polar surface area (TPSA) is 48.4 Å². The first-order valence-corrected chi connectivity index (χ1v) is 7.53. The number of aromatic nitrogens is 1. The molecule has 0 aliphatic heterocycles. The molecular formula is C17H14BrNO3. The van der Waals surface area contributed by atoms with E-state index in [0.717, 1.165) is 21.2 Å². The number of Topliss-reactive ketones (excluding diaryl/α,β-unsaturated/α-hetero) is 1. The van der Waals surface area contributed by atoms with Crippen molar-refractivity contribution in [3.8, 4) is 11.5 Å². The molecule has 1 aliphatic carbocycles. The lowest BCUT2D eigenvalue weighted by Crippen LogP contribution is -1.97. The zero-order valence-electron chi connectivity index (χ0n) is 12.2. The number of ketones is 1. The summed E-state index contributed by atoms with van der Waals surface area (Å²) in [5, 5.41) is 0. The van der Waals surface area contributed by atoms with Gasteiger partial charge in [-0.25, -0.2) is 0 Å². The van der Waals surface area contributed by atoms with Gasteiger partial charge in [-0.05, 0) is 51.3 Å². The fourth-order valence-electron chi connectivity index (χ4n) is 2.54. The number of methoxy groups -OCH3 is 2. The molecule has 3 rings (SSSR count). The van der Waals surface area contributed by atoms with Crippen LogP contribution < -0.4 is 9.47 Å². The summed E-state index contributed by atoms with van der Waals surface area (Å²) < 4.78 is 11.4. The molecule has 0 saturated carbocycles. The van der Waals surface area contributed by atoms with Crippen LogP contribution in [-0.2, 0) is 6.42 Å². The van der Waals surface area contributed by atoms with Crippen LogP contribution in [-0.4, -0.2) is 25.0 Å². The number of fused-ring (bicyclic) bond motifs is 1. The Morgan fingerprint density at radius 1 is 1.23 bits per heavy atom. The first-order chi connectivity index (χ1) is 10.6. The molecule has 22 heavy (non-hydrogen) atoms. The van der Waals surface area contributed by atoms with Crippen molar-refractivity contribution in [2.75, 3.05) is 14.2 Å². The van der Waals surface area contributed by atoms with Crippen molar-refractivity contribution < 1.29 is 14.3 Å². The Hall–Kier alpha value is -2.14. The largest absolute Gasteiger partial charge is 0.493 e. The van der Waals surface area contributed by atoms with E-state index in [1.54, 1.807) is 32.7 Å². The normalized spacial score (nSPS) is 15.0. The molecule has 0 N–H and O–H groups in total. The van der Waals surface area contributed by atoms with Crippen molar-refractivity contribution in [1.29, 1.82) is 0 Å². The highest BCUT2D eigenvalue weighted by atomic mass is 79.9. The maximum atomic E-state index is 12.6. The van der Waals surface area contributed by atoms with Crippen LogP contribution in [0.15, 0.2) is 40.6 Å². The molecule has 0 saturated heterocycles. The molecule has 1 heterocycles. The second-order valence-electron chi connectivity index (χ2n) is 4.94. The molecule has 1 aliphatic rings. The van der Waals surface area contributed by atoms with Crippen molar-refractivity contribution >= 4 is 27.8 Å². The van der Waals surface area contributed by atoms with E-state index in [2.05, 4.69) is 20.9 Å². The van der Waals surface area contributed by atoms with Crippen LogP contribution in [0.25, 0.3) is 6.08 Å². The highest BCUT2D eigenvalue weighted by Gasteiger charge is 2.27. The second kappa shape index (κ2) is 5.93. The Morgan fingerprint density at radius 3 is 2.64 bits per heavy atom. The third-order valence-electron chi connectivity index (χ3n) is 3.66. The zero-order chi connectivity index (χ0) is 15.7. The van der Waals surface area contributed by atoms with Gasteiger partial charge in [0.15, 0.2) is 17.3 Å². The third-order valence-corrected chi connectivity index (χ3v) is 4.32. The maximum absolute atomic E-state index is 12.6. The summed E-state index contributed by atoms with van der Waals surface area (Å²) in [6, 6.07) is 5.49. The molecule has 112 valence electrons. The summed E-state index contributed by atoms with van der Waals surface area (Å²) in [7, 11) is 3.15. The van der Waals surface area contributed by atoms with Crippen LogP contribution in [0.1, 0.15) is 21.5 Å². The molecule has 0 atom stereocenters. The first-order valence-electron chi connectivity index (χ1n) is 6.73. The maximum Gasteiger partial charge on any atom is 0.189 e. The number of pyridine rings is 1. The van der Waals surface area contributed by atoms with Gasteiger partial charge >= 0.3 is 0 Å². The van der Waals surface area contributed by atoms with E-state index in [1.807, 2.05) is 18.2 Å². The molecule has 1 aromatic carbocycles. The Bertz CT molecular complexity index is 783. The van der Waals surface area contributed by atoms with Gasteiger partial charge in [0.05, 0.1) is 14.2 Å². The van der Waals surface area contributed by atoms with Crippen LogP contribution in [0.3, 0.4) is 0 Å². The summed E-state index contributed by atoms with van der Waals surface area (Å²) in [5.41, 5.74) is 3.32. The fraction of sp³-hybridized carbons (Fsp3) is 0.176. The molecule has 0 unspecified atom stereocenters. The van der Waals surface area contributed by atoms with Crippen molar-refractivity contribution in [3.63, 3.8) is 0 Å². The van der Waals surface area contributed by atoms with Gasteiger partial charge in [0.1, 0.15) is 0 Å². The van der Waals surface area contributed by atoms with Gasteiger partial charge in [-0.3, -0.25) is 9.78 Å². The number of benzene rings is 1. The number of ether oxygens (including phenoxy) is 2. The van der Waals surface area contributed by atoms with E-state index in [-0.39, 0.29) is 5.78 Å². The molecule has 2 aromatic rings. The molecule has 0 bridgehead atoms. The molecule has 4 nitrogen and oxygen atoms in total.